The molecule has 0 unspecified atom stereocenters. The van der Waals surface area contributed by atoms with Crippen LogP contribution in [0.3, 0.4) is 0 Å². The average molecular weight is 291 g/mol. The molecule has 1 aliphatic carbocycles. The number of rotatable bonds is 1. The number of Topliss-reactive ketones (excluding diaryl/α,β-unsaturated/α-hetero) is 1. The molecule has 0 bridgehead atoms. The SMILES string of the molecule is O=C1CCCC2=C1[C@H](c1ccncc1)Nc1ccccc1N2. The molecule has 0 amide bonds. The van der Waals surface area contributed by atoms with Crippen molar-refractivity contribution in [3.8, 4) is 0 Å². The number of nitrogens with zero attached hydrogens (tertiary/aromatic N) is 1. The second-order valence-electron chi connectivity index (χ2n) is 5.70. The van der Waals surface area contributed by atoms with Crippen LogP contribution in [0.15, 0.2) is 60.1 Å². The van der Waals surface area contributed by atoms with Gasteiger partial charge in [0.05, 0.1) is 17.4 Å². The Balaban J connectivity index is 1.88. The summed E-state index contributed by atoms with van der Waals surface area (Å²) >= 11 is 0. The molecule has 0 saturated carbocycles. The Labute approximate surface area is 129 Å². The molecule has 2 N–H and O–H groups in total. The molecular formula is C18H17N3O. The maximum Gasteiger partial charge on any atom is 0.163 e. The molecule has 2 aromatic rings. The number of allylic oxidation sites excluding steroid dienone is 1. The topological polar surface area (TPSA) is 54.0 Å². The summed E-state index contributed by atoms with van der Waals surface area (Å²) in [5, 5.41) is 7.01. The van der Waals surface area contributed by atoms with Gasteiger partial charge in [0.15, 0.2) is 5.78 Å². The molecule has 1 aliphatic heterocycles. The van der Waals surface area contributed by atoms with Gasteiger partial charge in [-0.3, -0.25) is 9.78 Å². The van der Waals surface area contributed by atoms with Crippen molar-refractivity contribution in [2.24, 2.45) is 0 Å². The summed E-state index contributed by atoms with van der Waals surface area (Å²) in [5.41, 5.74) is 5.04. The van der Waals surface area contributed by atoms with Crippen molar-refractivity contribution >= 4 is 17.2 Å². The van der Waals surface area contributed by atoms with Crippen LogP contribution in [0.25, 0.3) is 0 Å². The zero-order valence-electron chi connectivity index (χ0n) is 12.2. The fraction of sp³-hybridized carbons (Fsp3) is 0.222. The summed E-state index contributed by atoms with van der Waals surface area (Å²) in [5.74, 6) is 0.232. The van der Waals surface area contributed by atoms with Gasteiger partial charge in [-0.1, -0.05) is 12.1 Å². The molecule has 0 radical (unpaired) electrons. The summed E-state index contributed by atoms with van der Waals surface area (Å²) < 4.78 is 0. The molecule has 4 rings (SSSR count). The van der Waals surface area contributed by atoms with Crippen molar-refractivity contribution in [1.29, 1.82) is 0 Å². The Bertz CT molecular complexity index is 752. The zero-order valence-corrected chi connectivity index (χ0v) is 12.2. The van der Waals surface area contributed by atoms with Crippen LogP contribution in [0.4, 0.5) is 11.4 Å². The number of hydrogen-bond donors (Lipinski definition) is 2. The number of benzene rings is 1. The number of para-hydroxylation sites is 2. The highest BCUT2D eigenvalue weighted by atomic mass is 16.1. The Morgan fingerprint density at radius 2 is 1.77 bits per heavy atom. The molecule has 0 spiro atoms. The summed E-state index contributed by atoms with van der Waals surface area (Å²) in [7, 11) is 0. The lowest BCUT2D eigenvalue weighted by atomic mass is 9.87. The lowest BCUT2D eigenvalue weighted by Crippen LogP contribution is -2.23. The van der Waals surface area contributed by atoms with Crippen LogP contribution in [-0.2, 0) is 4.79 Å². The normalized spacial score (nSPS) is 20.4. The fourth-order valence-corrected chi connectivity index (χ4v) is 3.24. The molecule has 2 heterocycles. The number of nitrogens with one attached hydrogen (secondary N) is 2. The van der Waals surface area contributed by atoms with E-state index in [9.17, 15) is 4.79 Å². The second kappa shape index (κ2) is 5.30. The highest BCUT2D eigenvalue weighted by Crippen LogP contribution is 2.40. The van der Waals surface area contributed by atoms with E-state index >= 15 is 0 Å². The molecule has 1 aromatic heterocycles. The number of fused-ring (bicyclic) bond motifs is 1. The number of pyridine rings is 1. The van der Waals surface area contributed by atoms with Crippen LogP contribution in [0.2, 0.25) is 0 Å². The van der Waals surface area contributed by atoms with Crippen molar-refractivity contribution in [2.45, 2.75) is 25.3 Å². The van der Waals surface area contributed by atoms with Crippen molar-refractivity contribution < 1.29 is 4.79 Å². The van der Waals surface area contributed by atoms with E-state index in [1.54, 1.807) is 12.4 Å². The van der Waals surface area contributed by atoms with Gasteiger partial charge in [0, 0.05) is 30.1 Å². The first-order valence-electron chi connectivity index (χ1n) is 7.62. The molecule has 0 fully saturated rings. The lowest BCUT2D eigenvalue weighted by molar-refractivity contribution is -0.116. The largest absolute Gasteiger partial charge is 0.372 e. The van der Waals surface area contributed by atoms with Gasteiger partial charge in [0.1, 0.15) is 0 Å². The molecule has 4 heteroatoms. The minimum atomic E-state index is -0.123. The second-order valence-corrected chi connectivity index (χ2v) is 5.70. The predicted octanol–water partition coefficient (Wildman–Crippen LogP) is 3.67. The highest BCUT2D eigenvalue weighted by molar-refractivity contribution is 6.00. The molecule has 1 atom stereocenters. The standard InChI is InChI=1S/C18H17N3O/c22-16-7-3-6-15-17(16)18(12-8-10-19-11-9-12)21-14-5-2-1-4-13(14)20-15/h1-2,4-5,8-11,18,20-21H,3,6-7H2/t18-/m0/s1. The molecule has 110 valence electrons. The molecule has 1 aromatic carbocycles. The van der Waals surface area contributed by atoms with E-state index in [2.05, 4.69) is 15.6 Å². The molecule has 4 nitrogen and oxygen atoms in total. The lowest BCUT2D eigenvalue weighted by Gasteiger charge is -2.25. The van der Waals surface area contributed by atoms with Gasteiger partial charge < -0.3 is 10.6 Å². The van der Waals surface area contributed by atoms with E-state index in [4.69, 9.17) is 0 Å². The van der Waals surface area contributed by atoms with Gasteiger partial charge in [0.2, 0.25) is 0 Å². The van der Waals surface area contributed by atoms with Gasteiger partial charge in [-0.2, -0.15) is 0 Å². The molecule has 22 heavy (non-hydrogen) atoms. The summed E-state index contributed by atoms with van der Waals surface area (Å²) in [6.45, 7) is 0. The zero-order chi connectivity index (χ0) is 14.9. The Hall–Kier alpha value is -2.62. The van der Waals surface area contributed by atoms with Gasteiger partial charge in [-0.05, 0) is 42.7 Å². The Kier molecular flexibility index (Phi) is 3.15. The van der Waals surface area contributed by atoms with Crippen LogP contribution in [0.1, 0.15) is 30.9 Å². The third kappa shape index (κ3) is 2.17. The maximum atomic E-state index is 12.6. The third-order valence-corrected chi connectivity index (χ3v) is 4.30. The van der Waals surface area contributed by atoms with Gasteiger partial charge in [-0.25, -0.2) is 0 Å². The first-order valence-corrected chi connectivity index (χ1v) is 7.62. The first-order chi connectivity index (χ1) is 10.8. The van der Waals surface area contributed by atoms with E-state index in [-0.39, 0.29) is 11.8 Å². The van der Waals surface area contributed by atoms with Crippen LogP contribution < -0.4 is 10.6 Å². The Morgan fingerprint density at radius 1 is 1.00 bits per heavy atom. The fourth-order valence-electron chi connectivity index (χ4n) is 3.24. The number of ketones is 1. The van der Waals surface area contributed by atoms with Crippen LogP contribution >= 0.6 is 0 Å². The van der Waals surface area contributed by atoms with Gasteiger partial charge in [0.25, 0.3) is 0 Å². The van der Waals surface area contributed by atoms with Gasteiger partial charge >= 0.3 is 0 Å². The predicted molar refractivity (Wildman–Crippen MR) is 86.5 cm³/mol. The van der Waals surface area contributed by atoms with Crippen LogP contribution in [-0.4, -0.2) is 10.8 Å². The molecule has 0 saturated heterocycles. The van der Waals surface area contributed by atoms with Crippen molar-refractivity contribution in [1.82, 2.24) is 4.98 Å². The summed E-state index contributed by atoms with van der Waals surface area (Å²) in [6, 6.07) is 11.9. The van der Waals surface area contributed by atoms with E-state index < -0.39 is 0 Å². The number of anilines is 2. The number of hydrogen-bond acceptors (Lipinski definition) is 4. The van der Waals surface area contributed by atoms with Crippen LogP contribution in [0.5, 0.6) is 0 Å². The summed E-state index contributed by atoms with van der Waals surface area (Å²) in [4.78, 5) is 16.6. The van der Waals surface area contributed by atoms with Crippen molar-refractivity contribution in [3.05, 3.63) is 65.6 Å². The molecular weight excluding hydrogens is 274 g/mol. The minimum absolute atomic E-state index is 0.123. The summed E-state index contributed by atoms with van der Waals surface area (Å²) in [6.07, 6.45) is 6.00. The Morgan fingerprint density at radius 3 is 2.59 bits per heavy atom. The minimum Gasteiger partial charge on any atom is -0.372 e. The quantitative estimate of drug-likeness (QED) is 0.841. The third-order valence-electron chi connectivity index (χ3n) is 4.30. The van der Waals surface area contributed by atoms with Crippen molar-refractivity contribution in [3.63, 3.8) is 0 Å². The maximum absolute atomic E-state index is 12.6. The van der Waals surface area contributed by atoms with E-state index in [1.807, 2.05) is 36.4 Å². The number of carbonyl (C=O) groups excluding carboxylic acids is 1. The smallest absolute Gasteiger partial charge is 0.163 e. The highest BCUT2D eigenvalue weighted by Gasteiger charge is 2.31. The van der Waals surface area contributed by atoms with E-state index in [1.165, 1.54) is 0 Å². The number of carbonyl (C=O) groups is 1. The average Bonchev–Trinajstić information content (AvgIpc) is 2.73. The number of aromatic nitrogens is 1. The monoisotopic (exact) mass is 291 g/mol. The van der Waals surface area contributed by atoms with E-state index in [0.717, 1.165) is 41.1 Å². The van der Waals surface area contributed by atoms with Crippen molar-refractivity contribution in [2.75, 3.05) is 10.6 Å². The molecule has 2 aliphatic rings. The van der Waals surface area contributed by atoms with E-state index in [0.29, 0.717) is 6.42 Å². The van der Waals surface area contributed by atoms with Gasteiger partial charge in [-0.15, -0.1) is 0 Å². The first kappa shape index (κ1) is 13.1. The van der Waals surface area contributed by atoms with Crippen LogP contribution in [0, 0.1) is 0 Å².